The zero-order chi connectivity index (χ0) is 12.0. The summed E-state index contributed by atoms with van der Waals surface area (Å²) >= 11 is 0. The van der Waals surface area contributed by atoms with Crippen molar-refractivity contribution in [3.63, 3.8) is 0 Å². The van der Waals surface area contributed by atoms with Crippen LogP contribution in [0.15, 0.2) is 30.5 Å². The molecular formula is C16H19N. The molecule has 0 spiro atoms. The number of rotatable bonds is 2. The number of aryl methyl sites for hydroxylation is 1. The van der Waals surface area contributed by atoms with Gasteiger partial charge in [-0.25, -0.2) is 0 Å². The highest BCUT2D eigenvalue weighted by Crippen LogP contribution is 2.42. The second kappa shape index (κ2) is 3.76. The van der Waals surface area contributed by atoms with Crippen LogP contribution < -0.4 is 0 Å². The van der Waals surface area contributed by atoms with Crippen molar-refractivity contribution in [3.8, 4) is 0 Å². The van der Waals surface area contributed by atoms with Gasteiger partial charge in [0.25, 0.3) is 0 Å². The second-order valence-corrected chi connectivity index (χ2v) is 5.08. The van der Waals surface area contributed by atoms with E-state index < -0.39 is 0 Å². The van der Waals surface area contributed by atoms with Gasteiger partial charge in [0.15, 0.2) is 0 Å². The van der Waals surface area contributed by atoms with E-state index in [0.717, 1.165) is 6.42 Å². The first-order chi connectivity index (χ1) is 8.22. The molecule has 0 bridgehead atoms. The molecule has 0 atom stereocenters. The third-order valence-corrected chi connectivity index (χ3v) is 3.79. The largest absolute Gasteiger partial charge is 0.342 e. The van der Waals surface area contributed by atoms with Crippen molar-refractivity contribution in [2.45, 2.75) is 39.2 Å². The van der Waals surface area contributed by atoms with Crippen LogP contribution in [-0.2, 0) is 0 Å². The van der Waals surface area contributed by atoms with Crippen molar-refractivity contribution < 1.29 is 0 Å². The molecule has 0 N–H and O–H groups in total. The maximum absolute atomic E-state index is 4.34. The lowest BCUT2D eigenvalue weighted by Crippen LogP contribution is -2.26. The van der Waals surface area contributed by atoms with Crippen LogP contribution in [0.2, 0.25) is 0 Å². The van der Waals surface area contributed by atoms with E-state index in [-0.39, 0.29) is 0 Å². The van der Waals surface area contributed by atoms with E-state index in [4.69, 9.17) is 0 Å². The average molecular weight is 225 g/mol. The number of hydrogen-bond acceptors (Lipinski definition) is 1. The van der Waals surface area contributed by atoms with Crippen molar-refractivity contribution in [3.05, 3.63) is 47.2 Å². The first-order valence-corrected chi connectivity index (χ1v) is 6.51. The molecule has 17 heavy (non-hydrogen) atoms. The maximum Gasteiger partial charge on any atom is 0.0420 e. The van der Waals surface area contributed by atoms with Crippen LogP contribution in [0.25, 0.3) is 11.8 Å². The van der Waals surface area contributed by atoms with Crippen LogP contribution >= 0.6 is 0 Å². The summed E-state index contributed by atoms with van der Waals surface area (Å²) in [6, 6.07) is 7.23. The maximum atomic E-state index is 4.34. The minimum absolute atomic E-state index is 0.710. The van der Waals surface area contributed by atoms with E-state index in [0.29, 0.717) is 6.04 Å². The van der Waals surface area contributed by atoms with Gasteiger partial charge in [0.2, 0.25) is 0 Å². The van der Waals surface area contributed by atoms with Gasteiger partial charge >= 0.3 is 0 Å². The Morgan fingerprint density at radius 1 is 1.35 bits per heavy atom. The Hall–Kier alpha value is -1.50. The Morgan fingerprint density at radius 2 is 2.12 bits per heavy atom. The zero-order valence-electron chi connectivity index (χ0n) is 10.7. The van der Waals surface area contributed by atoms with Crippen LogP contribution in [0.1, 0.15) is 42.9 Å². The molecule has 1 aromatic carbocycles. The normalized spacial score (nSPS) is 19.1. The molecule has 1 fully saturated rings. The van der Waals surface area contributed by atoms with Crippen LogP contribution in [0.5, 0.6) is 0 Å². The minimum atomic E-state index is 0.710. The molecule has 0 saturated heterocycles. The standard InChI is InChI=1S/C16H19N/c1-4-14-10-13-7-5-6-11(2)16(13)12(3)17(14)15-8-9-15/h5-7,10,15H,3-4,8-9H2,1-2H3. The van der Waals surface area contributed by atoms with Crippen LogP contribution in [0, 0.1) is 6.92 Å². The SMILES string of the molecule is C=C1c2c(C)cccc2C=C(CC)N1C1CC1. The smallest absolute Gasteiger partial charge is 0.0420 e. The average Bonchev–Trinajstić information content (AvgIpc) is 3.12. The Bertz CT molecular complexity index is 506. The summed E-state index contributed by atoms with van der Waals surface area (Å²) in [6.07, 6.45) is 6.06. The highest BCUT2D eigenvalue weighted by atomic mass is 15.2. The molecule has 88 valence electrons. The zero-order valence-corrected chi connectivity index (χ0v) is 10.7. The Labute approximate surface area is 103 Å². The van der Waals surface area contributed by atoms with Gasteiger partial charge < -0.3 is 4.90 Å². The van der Waals surface area contributed by atoms with E-state index in [1.54, 1.807) is 0 Å². The molecule has 2 aliphatic rings. The van der Waals surface area contributed by atoms with Gasteiger partial charge in [-0.2, -0.15) is 0 Å². The molecule has 1 heterocycles. The molecular weight excluding hydrogens is 206 g/mol. The summed E-state index contributed by atoms with van der Waals surface area (Å²) < 4.78 is 0. The summed E-state index contributed by atoms with van der Waals surface area (Å²) in [5, 5.41) is 0. The van der Waals surface area contributed by atoms with Gasteiger partial charge in [-0.15, -0.1) is 0 Å². The Balaban J connectivity index is 2.15. The number of hydrogen-bond donors (Lipinski definition) is 0. The highest BCUT2D eigenvalue weighted by molar-refractivity contribution is 5.80. The first kappa shape index (κ1) is 10.6. The van der Waals surface area contributed by atoms with Crippen molar-refractivity contribution in [1.82, 2.24) is 4.90 Å². The monoisotopic (exact) mass is 225 g/mol. The van der Waals surface area contributed by atoms with Crippen molar-refractivity contribution in [2.75, 3.05) is 0 Å². The summed E-state index contributed by atoms with van der Waals surface area (Å²) in [6.45, 7) is 8.75. The van der Waals surface area contributed by atoms with Gasteiger partial charge in [0.05, 0.1) is 0 Å². The van der Waals surface area contributed by atoms with E-state index in [9.17, 15) is 0 Å². The fourth-order valence-electron chi connectivity index (χ4n) is 2.81. The van der Waals surface area contributed by atoms with Gasteiger partial charge in [-0.1, -0.05) is 31.7 Å². The topological polar surface area (TPSA) is 3.24 Å². The van der Waals surface area contributed by atoms with Gasteiger partial charge in [-0.05, 0) is 43.4 Å². The highest BCUT2D eigenvalue weighted by Gasteiger charge is 2.34. The summed E-state index contributed by atoms with van der Waals surface area (Å²) in [5.74, 6) is 0. The fraction of sp³-hybridized carbons (Fsp3) is 0.375. The van der Waals surface area contributed by atoms with Crippen LogP contribution in [0.4, 0.5) is 0 Å². The van der Waals surface area contributed by atoms with Crippen LogP contribution in [-0.4, -0.2) is 10.9 Å². The van der Waals surface area contributed by atoms with E-state index in [1.807, 2.05) is 0 Å². The third kappa shape index (κ3) is 1.61. The number of nitrogens with zero attached hydrogens (tertiary/aromatic N) is 1. The predicted molar refractivity (Wildman–Crippen MR) is 73.3 cm³/mol. The summed E-state index contributed by atoms with van der Waals surface area (Å²) in [5.41, 5.74) is 6.65. The predicted octanol–water partition coefficient (Wildman–Crippen LogP) is 4.19. The van der Waals surface area contributed by atoms with Gasteiger partial charge in [0, 0.05) is 23.0 Å². The van der Waals surface area contributed by atoms with Crippen molar-refractivity contribution in [2.24, 2.45) is 0 Å². The third-order valence-electron chi connectivity index (χ3n) is 3.79. The molecule has 3 rings (SSSR count). The summed E-state index contributed by atoms with van der Waals surface area (Å²) in [4.78, 5) is 2.47. The molecule has 0 unspecified atom stereocenters. The fourth-order valence-corrected chi connectivity index (χ4v) is 2.81. The van der Waals surface area contributed by atoms with Gasteiger partial charge in [-0.3, -0.25) is 0 Å². The molecule has 1 aromatic rings. The Morgan fingerprint density at radius 3 is 2.76 bits per heavy atom. The molecule has 1 nitrogen and oxygen atoms in total. The van der Waals surface area contributed by atoms with Gasteiger partial charge in [0.1, 0.15) is 0 Å². The quantitative estimate of drug-likeness (QED) is 0.729. The number of allylic oxidation sites excluding steroid dienone is 1. The first-order valence-electron chi connectivity index (χ1n) is 6.51. The van der Waals surface area contributed by atoms with E-state index >= 15 is 0 Å². The molecule has 1 aliphatic carbocycles. The summed E-state index contributed by atoms with van der Waals surface area (Å²) in [7, 11) is 0. The van der Waals surface area contributed by atoms with Crippen LogP contribution in [0.3, 0.4) is 0 Å². The van der Waals surface area contributed by atoms with E-state index in [2.05, 4.69) is 49.6 Å². The molecule has 1 saturated carbocycles. The second-order valence-electron chi connectivity index (χ2n) is 5.08. The lowest BCUT2D eigenvalue weighted by Gasteiger charge is -2.34. The lowest BCUT2D eigenvalue weighted by atomic mass is 9.93. The van der Waals surface area contributed by atoms with Crippen molar-refractivity contribution in [1.29, 1.82) is 0 Å². The molecule has 0 amide bonds. The molecule has 0 aromatic heterocycles. The Kier molecular flexibility index (Phi) is 2.36. The van der Waals surface area contributed by atoms with E-state index in [1.165, 1.54) is 40.9 Å². The molecule has 1 heteroatoms. The number of fused-ring (bicyclic) bond motifs is 1. The van der Waals surface area contributed by atoms with Crippen molar-refractivity contribution >= 4 is 11.8 Å². The molecule has 0 radical (unpaired) electrons. The minimum Gasteiger partial charge on any atom is -0.342 e. The molecule has 1 aliphatic heterocycles. The number of benzene rings is 1. The lowest BCUT2D eigenvalue weighted by molar-refractivity contribution is 0.464.